The van der Waals surface area contributed by atoms with Crippen LogP contribution < -0.4 is 10.2 Å². The molecule has 1 fully saturated rings. The number of hydrogen-bond acceptors (Lipinski definition) is 3. The molecule has 2 aromatic carbocycles. The van der Waals surface area contributed by atoms with Crippen LogP contribution in [0.1, 0.15) is 42.0 Å². The van der Waals surface area contributed by atoms with Crippen molar-refractivity contribution in [2.24, 2.45) is 0 Å². The van der Waals surface area contributed by atoms with E-state index >= 15 is 0 Å². The number of fused-ring (bicyclic) bond motifs is 2. The predicted octanol–water partition coefficient (Wildman–Crippen LogP) is 5.97. The minimum Gasteiger partial charge on any atom is -0.385 e. The van der Waals surface area contributed by atoms with E-state index in [9.17, 15) is 14.0 Å². The Bertz CT molecular complexity index is 1090. The van der Waals surface area contributed by atoms with E-state index in [-0.39, 0.29) is 24.1 Å². The van der Waals surface area contributed by atoms with Crippen LogP contribution in [0.2, 0.25) is 25.7 Å². The van der Waals surface area contributed by atoms with Gasteiger partial charge < -0.3 is 15.0 Å². The summed E-state index contributed by atoms with van der Waals surface area (Å²) in [4.78, 5) is 27.9. The van der Waals surface area contributed by atoms with Crippen molar-refractivity contribution < 1.29 is 18.7 Å². The SMILES string of the molecule is COCC[Si](C)(C)C.Cc1ccc(F)cc1C1NC(=O)CCC12C(=O)N(CCCCl)c1ccccc12. The van der Waals surface area contributed by atoms with E-state index in [1.165, 1.54) is 18.2 Å². The van der Waals surface area contributed by atoms with E-state index in [1.54, 1.807) is 18.1 Å². The molecule has 0 saturated carbocycles. The topological polar surface area (TPSA) is 58.6 Å². The van der Waals surface area contributed by atoms with Crippen LogP contribution in [-0.2, 0) is 19.7 Å². The number of piperidine rings is 1. The van der Waals surface area contributed by atoms with Crippen LogP contribution in [-0.4, -0.2) is 46.0 Å². The van der Waals surface area contributed by atoms with Gasteiger partial charge in [-0.25, -0.2) is 4.39 Å². The number of carbonyl (C=O) groups excluding carboxylic acids is 2. The fourth-order valence-corrected chi connectivity index (χ4v) is 5.93. The lowest BCUT2D eigenvalue weighted by molar-refractivity contribution is -0.131. The number of nitrogens with zero attached hydrogens (tertiary/aromatic N) is 1. The van der Waals surface area contributed by atoms with Crippen LogP contribution >= 0.6 is 11.6 Å². The van der Waals surface area contributed by atoms with E-state index in [0.29, 0.717) is 30.8 Å². The number of carbonyl (C=O) groups is 2. The molecule has 0 bridgehead atoms. The summed E-state index contributed by atoms with van der Waals surface area (Å²) >= 11 is 5.88. The number of methoxy groups -OCH3 is 1. The maximum absolute atomic E-state index is 14.1. The zero-order chi connectivity index (χ0) is 26.5. The Kier molecular flexibility index (Phi) is 9.36. The van der Waals surface area contributed by atoms with Gasteiger partial charge in [-0.1, -0.05) is 43.9 Å². The molecule has 4 rings (SSSR count). The summed E-state index contributed by atoms with van der Waals surface area (Å²) < 4.78 is 19.0. The van der Waals surface area contributed by atoms with E-state index in [0.717, 1.165) is 23.4 Å². The fraction of sp³-hybridized carbons (Fsp3) is 0.500. The zero-order valence-electron chi connectivity index (χ0n) is 22.0. The highest BCUT2D eigenvalue weighted by atomic mass is 35.5. The lowest BCUT2D eigenvalue weighted by Gasteiger charge is -2.41. The van der Waals surface area contributed by atoms with E-state index in [2.05, 4.69) is 25.0 Å². The van der Waals surface area contributed by atoms with Gasteiger partial charge in [-0.15, -0.1) is 11.6 Å². The number of halogens is 2. The number of anilines is 1. The Morgan fingerprint density at radius 1 is 1.19 bits per heavy atom. The largest absolute Gasteiger partial charge is 0.385 e. The standard InChI is InChI=1S/C22H22ClFN2O2.C6H16OSi/c1-14-7-8-15(24)13-16(14)20-22(10-9-19(27)25-20)17-5-2-3-6-18(17)26(21(22)28)12-4-11-23;1-7-5-6-8(2,3)4/h2-3,5-8,13,20H,4,9-12H2,1H3,(H,25,27);5-6H2,1-4H3. The molecule has 2 aromatic rings. The van der Waals surface area contributed by atoms with Crippen LogP contribution in [0.4, 0.5) is 10.1 Å². The second-order valence-electron chi connectivity index (χ2n) is 10.8. The smallest absolute Gasteiger partial charge is 0.240 e. The maximum atomic E-state index is 14.1. The molecule has 2 heterocycles. The highest BCUT2D eigenvalue weighted by Crippen LogP contribution is 2.53. The average molecular weight is 533 g/mol. The summed E-state index contributed by atoms with van der Waals surface area (Å²) in [5, 5.41) is 3.00. The average Bonchev–Trinajstić information content (AvgIpc) is 3.07. The minimum atomic E-state index is -0.935. The minimum absolute atomic E-state index is 0.0486. The van der Waals surface area contributed by atoms with Gasteiger partial charge in [0.25, 0.3) is 0 Å². The summed E-state index contributed by atoms with van der Waals surface area (Å²) in [6.45, 7) is 10.4. The Morgan fingerprint density at radius 3 is 2.56 bits per heavy atom. The molecule has 2 amide bonds. The molecule has 2 aliphatic rings. The van der Waals surface area contributed by atoms with Gasteiger partial charge in [0, 0.05) is 46.3 Å². The molecule has 36 heavy (non-hydrogen) atoms. The molecule has 0 aromatic heterocycles. The molecule has 1 saturated heterocycles. The van der Waals surface area contributed by atoms with E-state index < -0.39 is 19.5 Å². The molecule has 0 radical (unpaired) electrons. The Labute approximate surface area is 220 Å². The van der Waals surface area contributed by atoms with Crippen molar-refractivity contribution in [1.29, 1.82) is 0 Å². The third-order valence-electron chi connectivity index (χ3n) is 6.97. The summed E-state index contributed by atoms with van der Waals surface area (Å²) in [6.07, 6.45) is 1.33. The summed E-state index contributed by atoms with van der Waals surface area (Å²) in [5.41, 5.74) is 2.30. The zero-order valence-corrected chi connectivity index (χ0v) is 23.8. The molecule has 1 spiro atoms. The van der Waals surface area contributed by atoms with Crippen molar-refractivity contribution in [2.45, 2.75) is 63.3 Å². The number of rotatable bonds is 7. The highest BCUT2D eigenvalue weighted by Gasteiger charge is 2.58. The fourth-order valence-electron chi connectivity index (χ4n) is 5.00. The Balaban J connectivity index is 0.000000392. The third kappa shape index (κ3) is 6.01. The van der Waals surface area contributed by atoms with Crippen LogP contribution in [0, 0.1) is 12.7 Å². The van der Waals surface area contributed by atoms with Crippen molar-refractivity contribution in [3.8, 4) is 0 Å². The first kappa shape index (κ1) is 28.3. The number of amides is 2. The lowest BCUT2D eigenvalue weighted by Crippen LogP contribution is -2.54. The predicted molar refractivity (Wildman–Crippen MR) is 147 cm³/mol. The number of aryl methyl sites for hydroxylation is 1. The number of ether oxygens (including phenoxy) is 1. The number of para-hydroxylation sites is 1. The number of alkyl halides is 1. The molecule has 2 unspecified atom stereocenters. The Morgan fingerprint density at radius 2 is 1.92 bits per heavy atom. The molecule has 2 aliphatic heterocycles. The van der Waals surface area contributed by atoms with Crippen molar-refractivity contribution in [1.82, 2.24) is 5.32 Å². The van der Waals surface area contributed by atoms with E-state index in [4.69, 9.17) is 16.3 Å². The second kappa shape index (κ2) is 11.9. The monoisotopic (exact) mass is 532 g/mol. The summed E-state index contributed by atoms with van der Waals surface area (Å²) in [7, 11) is 0.961. The van der Waals surface area contributed by atoms with Crippen LogP contribution in [0.15, 0.2) is 42.5 Å². The second-order valence-corrected chi connectivity index (χ2v) is 16.8. The molecular formula is C28H38ClFN2O3Si. The van der Waals surface area contributed by atoms with Gasteiger partial charge in [0.2, 0.25) is 11.8 Å². The summed E-state index contributed by atoms with van der Waals surface area (Å²) in [5.74, 6) is -0.0909. The van der Waals surface area contributed by atoms with Gasteiger partial charge in [0.1, 0.15) is 11.2 Å². The lowest BCUT2D eigenvalue weighted by atomic mass is 9.67. The van der Waals surface area contributed by atoms with Crippen molar-refractivity contribution >= 4 is 37.2 Å². The quantitative estimate of drug-likeness (QED) is 0.353. The molecule has 8 heteroatoms. The first-order valence-electron chi connectivity index (χ1n) is 12.6. The van der Waals surface area contributed by atoms with Crippen molar-refractivity contribution in [3.05, 3.63) is 65.0 Å². The number of hydrogen-bond donors (Lipinski definition) is 1. The van der Waals surface area contributed by atoms with Crippen molar-refractivity contribution in [2.75, 3.05) is 31.0 Å². The van der Waals surface area contributed by atoms with Gasteiger partial charge >= 0.3 is 0 Å². The molecule has 0 aliphatic carbocycles. The van der Waals surface area contributed by atoms with Gasteiger partial charge in [-0.2, -0.15) is 0 Å². The number of benzene rings is 2. The van der Waals surface area contributed by atoms with Crippen LogP contribution in [0.25, 0.3) is 0 Å². The molecule has 1 N–H and O–H groups in total. The first-order chi connectivity index (χ1) is 17.0. The normalized spacial score (nSPS) is 21.2. The van der Waals surface area contributed by atoms with Crippen LogP contribution in [0.5, 0.6) is 0 Å². The van der Waals surface area contributed by atoms with Gasteiger partial charge in [-0.05, 0) is 60.7 Å². The first-order valence-corrected chi connectivity index (χ1v) is 16.8. The Hall–Kier alpha value is -2.22. The van der Waals surface area contributed by atoms with E-state index in [1.807, 2.05) is 31.2 Å². The van der Waals surface area contributed by atoms with Gasteiger partial charge in [0.15, 0.2) is 0 Å². The van der Waals surface area contributed by atoms with Crippen LogP contribution in [0.3, 0.4) is 0 Å². The molecule has 5 nitrogen and oxygen atoms in total. The number of nitrogens with one attached hydrogen (secondary N) is 1. The van der Waals surface area contributed by atoms with Crippen molar-refractivity contribution in [3.63, 3.8) is 0 Å². The highest BCUT2D eigenvalue weighted by molar-refractivity contribution is 6.76. The molecule has 196 valence electrons. The summed E-state index contributed by atoms with van der Waals surface area (Å²) in [6, 6.07) is 12.9. The molecular weight excluding hydrogens is 495 g/mol. The van der Waals surface area contributed by atoms with Gasteiger partial charge in [-0.3, -0.25) is 9.59 Å². The van der Waals surface area contributed by atoms with Gasteiger partial charge in [0.05, 0.1) is 6.04 Å². The maximum Gasteiger partial charge on any atom is 0.240 e. The molecule has 2 atom stereocenters. The third-order valence-corrected chi connectivity index (χ3v) is 8.94.